The van der Waals surface area contributed by atoms with Crippen molar-refractivity contribution >= 4 is 5.78 Å². The topological polar surface area (TPSA) is 44.1 Å². The molecule has 0 saturated heterocycles. The van der Waals surface area contributed by atoms with Crippen molar-refractivity contribution in [2.45, 2.75) is 13.0 Å². The molecule has 0 N–H and O–H groups in total. The third kappa shape index (κ3) is 3.61. The number of benzene rings is 2. The summed E-state index contributed by atoms with van der Waals surface area (Å²) in [5, 5.41) is 0. The lowest BCUT2D eigenvalue weighted by Crippen LogP contribution is -2.04. The van der Waals surface area contributed by atoms with E-state index in [2.05, 4.69) is 4.98 Å². The number of imidazole rings is 1. The summed E-state index contributed by atoms with van der Waals surface area (Å²) in [6.07, 6.45) is 5.73. The minimum absolute atomic E-state index is 0.111. The van der Waals surface area contributed by atoms with E-state index in [1.807, 2.05) is 53.2 Å². The number of para-hydroxylation sites is 1. The van der Waals surface area contributed by atoms with Gasteiger partial charge in [0.1, 0.15) is 11.5 Å². The van der Waals surface area contributed by atoms with Crippen LogP contribution in [0.4, 0.5) is 0 Å². The lowest BCUT2D eigenvalue weighted by atomic mass is 10.1. The van der Waals surface area contributed by atoms with Crippen LogP contribution in [0.15, 0.2) is 73.3 Å². The van der Waals surface area contributed by atoms with Crippen molar-refractivity contribution in [1.29, 1.82) is 0 Å². The fraction of sp³-hybridized carbons (Fsp3) is 0.111. The van der Waals surface area contributed by atoms with E-state index in [4.69, 9.17) is 4.74 Å². The maximum Gasteiger partial charge on any atom is 0.164 e. The Labute approximate surface area is 129 Å². The Bertz CT molecular complexity index is 720. The molecule has 0 radical (unpaired) electrons. The third-order valence-electron chi connectivity index (χ3n) is 3.31. The molecule has 0 aliphatic carbocycles. The fourth-order valence-corrected chi connectivity index (χ4v) is 2.13. The summed E-state index contributed by atoms with van der Waals surface area (Å²) in [7, 11) is 0. The second-order valence-electron chi connectivity index (χ2n) is 4.91. The first-order valence-electron chi connectivity index (χ1n) is 7.13. The smallest absolute Gasteiger partial charge is 0.164 e. The Hall–Kier alpha value is -2.88. The average molecular weight is 292 g/mol. The molecule has 110 valence electrons. The molecular formula is C18H16N2O2. The van der Waals surface area contributed by atoms with E-state index in [0.717, 1.165) is 11.5 Å². The Morgan fingerprint density at radius 3 is 2.41 bits per heavy atom. The molecule has 0 spiro atoms. The van der Waals surface area contributed by atoms with E-state index in [0.29, 0.717) is 18.5 Å². The van der Waals surface area contributed by atoms with Crippen molar-refractivity contribution in [2.75, 3.05) is 0 Å². The lowest BCUT2D eigenvalue weighted by molar-refractivity contribution is 0.0977. The summed E-state index contributed by atoms with van der Waals surface area (Å²) in [5.41, 5.74) is 0.695. The molecule has 4 nitrogen and oxygen atoms in total. The molecule has 0 aliphatic heterocycles. The molecule has 3 aromatic rings. The predicted molar refractivity (Wildman–Crippen MR) is 84.1 cm³/mol. The molecule has 1 aromatic heterocycles. The van der Waals surface area contributed by atoms with Gasteiger partial charge in [0.05, 0.1) is 6.33 Å². The highest BCUT2D eigenvalue weighted by Crippen LogP contribution is 2.21. The van der Waals surface area contributed by atoms with Crippen molar-refractivity contribution in [3.63, 3.8) is 0 Å². The van der Waals surface area contributed by atoms with Crippen LogP contribution in [-0.2, 0) is 6.54 Å². The van der Waals surface area contributed by atoms with Crippen LogP contribution < -0.4 is 4.74 Å². The van der Waals surface area contributed by atoms with E-state index < -0.39 is 0 Å². The van der Waals surface area contributed by atoms with Crippen LogP contribution in [-0.4, -0.2) is 15.3 Å². The number of rotatable bonds is 6. The van der Waals surface area contributed by atoms with E-state index >= 15 is 0 Å². The van der Waals surface area contributed by atoms with Gasteiger partial charge in [-0.2, -0.15) is 0 Å². The second kappa shape index (κ2) is 6.72. The number of carbonyl (C=O) groups excluding carboxylic acids is 1. The van der Waals surface area contributed by atoms with Crippen LogP contribution >= 0.6 is 0 Å². The summed E-state index contributed by atoms with van der Waals surface area (Å²) in [4.78, 5) is 16.1. The molecule has 1 heterocycles. The molecule has 0 atom stereocenters. The molecule has 0 fully saturated rings. The minimum Gasteiger partial charge on any atom is -0.457 e. The van der Waals surface area contributed by atoms with Crippen LogP contribution in [0, 0.1) is 0 Å². The van der Waals surface area contributed by atoms with Crippen molar-refractivity contribution < 1.29 is 9.53 Å². The first kappa shape index (κ1) is 14.1. The first-order chi connectivity index (χ1) is 10.8. The van der Waals surface area contributed by atoms with Crippen molar-refractivity contribution in [3.05, 3.63) is 78.9 Å². The van der Waals surface area contributed by atoms with Gasteiger partial charge in [-0.1, -0.05) is 18.2 Å². The van der Waals surface area contributed by atoms with Gasteiger partial charge in [-0.3, -0.25) is 4.79 Å². The molecule has 0 aliphatic rings. The molecular weight excluding hydrogens is 276 g/mol. The van der Waals surface area contributed by atoms with Crippen LogP contribution in [0.2, 0.25) is 0 Å². The highest BCUT2D eigenvalue weighted by molar-refractivity contribution is 5.96. The van der Waals surface area contributed by atoms with Gasteiger partial charge in [0.25, 0.3) is 0 Å². The average Bonchev–Trinajstić information content (AvgIpc) is 3.08. The summed E-state index contributed by atoms with van der Waals surface area (Å²) in [6, 6.07) is 16.8. The largest absolute Gasteiger partial charge is 0.457 e. The number of carbonyl (C=O) groups is 1. The molecule has 0 amide bonds. The van der Waals surface area contributed by atoms with Gasteiger partial charge in [0, 0.05) is 30.9 Å². The quantitative estimate of drug-likeness (QED) is 0.646. The van der Waals surface area contributed by atoms with Gasteiger partial charge in [-0.25, -0.2) is 4.98 Å². The third-order valence-corrected chi connectivity index (χ3v) is 3.31. The van der Waals surface area contributed by atoms with E-state index in [1.165, 1.54) is 0 Å². The SMILES string of the molecule is O=C(CCn1ccnc1)c1ccc(Oc2ccccc2)cc1. The number of hydrogen-bond acceptors (Lipinski definition) is 3. The molecule has 4 heteroatoms. The van der Waals surface area contributed by atoms with Gasteiger partial charge in [-0.05, 0) is 36.4 Å². The summed E-state index contributed by atoms with van der Waals surface area (Å²) < 4.78 is 7.60. The molecule has 3 rings (SSSR count). The maximum atomic E-state index is 12.1. The zero-order valence-electron chi connectivity index (χ0n) is 12.1. The number of ether oxygens (including phenoxy) is 1. The second-order valence-corrected chi connectivity index (χ2v) is 4.91. The Balaban J connectivity index is 1.60. The lowest BCUT2D eigenvalue weighted by Gasteiger charge is -2.06. The molecule has 0 saturated carbocycles. The zero-order chi connectivity index (χ0) is 15.2. The summed E-state index contributed by atoms with van der Waals surface area (Å²) in [6.45, 7) is 0.640. The van der Waals surface area contributed by atoms with Crippen molar-refractivity contribution in [3.8, 4) is 11.5 Å². The van der Waals surface area contributed by atoms with Crippen LogP contribution in [0.5, 0.6) is 11.5 Å². The number of nitrogens with zero attached hydrogens (tertiary/aromatic N) is 2. The number of Topliss-reactive ketones (excluding diaryl/α,β-unsaturated/α-hetero) is 1. The van der Waals surface area contributed by atoms with Crippen molar-refractivity contribution in [2.24, 2.45) is 0 Å². The van der Waals surface area contributed by atoms with Crippen LogP contribution in [0.3, 0.4) is 0 Å². The zero-order valence-corrected chi connectivity index (χ0v) is 12.1. The monoisotopic (exact) mass is 292 g/mol. The Morgan fingerprint density at radius 2 is 1.73 bits per heavy atom. The number of ketones is 1. The summed E-state index contributed by atoms with van der Waals surface area (Å²) in [5.74, 6) is 1.61. The van der Waals surface area contributed by atoms with Gasteiger partial charge in [0.15, 0.2) is 5.78 Å². The summed E-state index contributed by atoms with van der Waals surface area (Å²) >= 11 is 0. The van der Waals surface area contributed by atoms with Gasteiger partial charge < -0.3 is 9.30 Å². The van der Waals surface area contributed by atoms with Crippen molar-refractivity contribution in [1.82, 2.24) is 9.55 Å². The highest BCUT2D eigenvalue weighted by atomic mass is 16.5. The highest BCUT2D eigenvalue weighted by Gasteiger charge is 2.06. The van der Waals surface area contributed by atoms with Crippen LogP contribution in [0.1, 0.15) is 16.8 Å². The number of hydrogen-bond donors (Lipinski definition) is 0. The molecule has 0 unspecified atom stereocenters. The molecule has 22 heavy (non-hydrogen) atoms. The Kier molecular flexibility index (Phi) is 4.30. The van der Waals surface area contributed by atoms with E-state index in [1.54, 1.807) is 24.7 Å². The minimum atomic E-state index is 0.111. The van der Waals surface area contributed by atoms with Gasteiger partial charge in [-0.15, -0.1) is 0 Å². The molecule has 2 aromatic carbocycles. The Morgan fingerprint density at radius 1 is 1.00 bits per heavy atom. The maximum absolute atomic E-state index is 12.1. The first-order valence-corrected chi connectivity index (χ1v) is 7.13. The van der Waals surface area contributed by atoms with Gasteiger partial charge >= 0.3 is 0 Å². The van der Waals surface area contributed by atoms with Crippen LogP contribution in [0.25, 0.3) is 0 Å². The predicted octanol–water partition coefficient (Wildman–Crippen LogP) is 3.95. The van der Waals surface area contributed by atoms with Gasteiger partial charge in [0.2, 0.25) is 0 Å². The van der Waals surface area contributed by atoms with E-state index in [9.17, 15) is 4.79 Å². The standard InChI is InChI=1S/C18H16N2O2/c21-18(10-12-20-13-11-19-14-20)15-6-8-17(9-7-15)22-16-4-2-1-3-5-16/h1-9,11,13-14H,10,12H2. The molecule has 0 bridgehead atoms. The fourth-order valence-electron chi connectivity index (χ4n) is 2.13. The number of aromatic nitrogens is 2. The normalized spacial score (nSPS) is 10.4. The van der Waals surface area contributed by atoms with E-state index in [-0.39, 0.29) is 5.78 Å². The number of aryl methyl sites for hydroxylation is 1.